The van der Waals surface area contributed by atoms with Gasteiger partial charge in [0, 0.05) is 5.92 Å². The van der Waals surface area contributed by atoms with Crippen LogP contribution < -0.4 is 0 Å². The van der Waals surface area contributed by atoms with E-state index in [4.69, 9.17) is 9.47 Å². The first-order chi connectivity index (χ1) is 5.45. The van der Waals surface area contributed by atoms with E-state index in [1.165, 1.54) is 25.7 Å². The zero-order valence-corrected chi connectivity index (χ0v) is 6.66. The van der Waals surface area contributed by atoms with E-state index in [2.05, 4.69) is 0 Å². The van der Waals surface area contributed by atoms with E-state index in [0.29, 0.717) is 18.3 Å². The van der Waals surface area contributed by atoms with Gasteiger partial charge in [-0.2, -0.15) is 0 Å². The summed E-state index contributed by atoms with van der Waals surface area (Å²) in [6.07, 6.45) is 6.98. The Kier molecular flexibility index (Phi) is 1.29. The molecule has 4 atom stereocenters. The van der Waals surface area contributed by atoms with Gasteiger partial charge in [0.05, 0.1) is 18.8 Å². The third-order valence-corrected chi connectivity index (χ3v) is 3.27. The molecule has 2 heteroatoms. The quantitative estimate of drug-likeness (QED) is 0.491. The number of ether oxygens (including phenoxy) is 2. The average Bonchev–Trinajstić information content (AvgIpc) is 2.83. The molecule has 3 aliphatic rings. The predicted molar refractivity (Wildman–Crippen MR) is 40.4 cm³/mol. The van der Waals surface area contributed by atoms with E-state index in [1.807, 2.05) is 0 Å². The summed E-state index contributed by atoms with van der Waals surface area (Å²) in [5.74, 6) is 0.752. The number of hydrogen-bond acceptors (Lipinski definition) is 2. The fraction of sp³-hybridized carbons (Fsp3) is 1.00. The van der Waals surface area contributed by atoms with Crippen LogP contribution in [0.15, 0.2) is 0 Å². The van der Waals surface area contributed by atoms with E-state index in [1.54, 1.807) is 0 Å². The van der Waals surface area contributed by atoms with Crippen LogP contribution in [0.2, 0.25) is 0 Å². The number of rotatable bonds is 0. The smallest absolute Gasteiger partial charge is 0.108 e. The fourth-order valence-electron chi connectivity index (χ4n) is 2.59. The summed E-state index contributed by atoms with van der Waals surface area (Å²) < 4.78 is 11.2. The minimum atomic E-state index is 0.481. The van der Waals surface area contributed by atoms with Crippen molar-refractivity contribution in [1.82, 2.24) is 0 Å². The number of fused-ring (bicyclic) bond motifs is 3. The molecule has 2 aliphatic heterocycles. The van der Waals surface area contributed by atoms with E-state index in [-0.39, 0.29) is 0 Å². The van der Waals surface area contributed by atoms with E-state index < -0.39 is 0 Å². The van der Waals surface area contributed by atoms with Crippen molar-refractivity contribution in [2.45, 2.75) is 44.0 Å². The number of hydrogen-bond donors (Lipinski definition) is 0. The van der Waals surface area contributed by atoms with Gasteiger partial charge in [-0.05, 0) is 12.8 Å². The Bertz CT molecular complexity index is 169. The lowest BCUT2D eigenvalue weighted by atomic mass is 9.82. The molecule has 2 heterocycles. The molecule has 11 heavy (non-hydrogen) atoms. The summed E-state index contributed by atoms with van der Waals surface area (Å²) in [5.41, 5.74) is 0. The lowest BCUT2D eigenvalue weighted by Crippen LogP contribution is -2.37. The SMILES string of the molecule is C1CC[C@@H]2C3OC3CO[C@H]2C1. The predicted octanol–water partition coefficient (Wildman–Crippen LogP) is 1.34. The Hall–Kier alpha value is -0.0800. The Morgan fingerprint density at radius 3 is 2.91 bits per heavy atom. The fourth-order valence-corrected chi connectivity index (χ4v) is 2.59. The second-order valence-electron chi connectivity index (χ2n) is 3.96. The molecular formula is C9H14O2. The normalized spacial score (nSPS) is 54.5. The monoisotopic (exact) mass is 154 g/mol. The van der Waals surface area contributed by atoms with Crippen LogP contribution >= 0.6 is 0 Å². The maximum Gasteiger partial charge on any atom is 0.108 e. The highest BCUT2D eigenvalue weighted by Gasteiger charge is 2.52. The second kappa shape index (κ2) is 2.20. The summed E-state index contributed by atoms with van der Waals surface area (Å²) in [6, 6.07) is 0. The van der Waals surface area contributed by atoms with Crippen LogP contribution in [0.3, 0.4) is 0 Å². The largest absolute Gasteiger partial charge is 0.375 e. The Morgan fingerprint density at radius 1 is 1.00 bits per heavy atom. The molecule has 0 amide bonds. The molecule has 62 valence electrons. The van der Waals surface area contributed by atoms with Crippen molar-refractivity contribution < 1.29 is 9.47 Å². The minimum absolute atomic E-state index is 0.481. The third-order valence-electron chi connectivity index (χ3n) is 3.27. The van der Waals surface area contributed by atoms with E-state index in [9.17, 15) is 0 Å². The van der Waals surface area contributed by atoms with Crippen molar-refractivity contribution in [2.24, 2.45) is 5.92 Å². The lowest BCUT2D eigenvalue weighted by Gasteiger charge is -2.32. The maximum absolute atomic E-state index is 5.71. The summed E-state index contributed by atoms with van der Waals surface area (Å²) in [7, 11) is 0. The molecule has 0 N–H and O–H groups in total. The molecular weight excluding hydrogens is 140 g/mol. The van der Waals surface area contributed by atoms with Gasteiger partial charge in [0.1, 0.15) is 6.10 Å². The highest BCUT2D eigenvalue weighted by atomic mass is 16.6. The van der Waals surface area contributed by atoms with Gasteiger partial charge in [-0.25, -0.2) is 0 Å². The summed E-state index contributed by atoms with van der Waals surface area (Å²) in [4.78, 5) is 0. The average molecular weight is 154 g/mol. The van der Waals surface area contributed by atoms with Crippen LogP contribution in [-0.2, 0) is 9.47 Å². The molecule has 0 radical (unpaired) electrons. The molecule has 1 saturated carbocycles. The van der Waals surface area contributed by atoms with Gasteiger partial charge in [0.2, 0.25) is 0 Å². The zero-order valence-electron chi connectivity index (χ0n) is 6.66. The van der Waals surface area contributed by atoms with Crippen molar-refractivity contribution in [2.75, 3.05) is 6.61 Å². The molecule has 3 rings (SSSR count). The molecule has 0 aromatic heterocycles. The van der Waals surface area contributed by atoms with Gasteiger partial charge in [-0.15, -0.1) is 0 Å². The van der Waals surface area contributed by atoms with Gasteiger partial charge in [-0.3, -0.25) is 0 Å². The highest BCUT2D eigenvalue weighted by molar-refractivity contribution is 4.98. The molecule has 0 aromatic rings. The first kappa shape index (κ1) is 6.44. The van der Waals surface area contributed by atoms with Crippen LogP contribution in [0.5, 0.6) is 0 Å². The molecule has 0 spiro atoms. The highest BCUT2D eigenvalue weighted by Crippen LogP contribution is 2.43. The van der Waals surface area contributed by atoms with Crippen molar-refractivity contribution in [3.63, 3.8) is 0 Å². The van der Waals surface area contributed by atoms with E-state index >= 15 is 0 Å². The Morgan fingerprint density at radius 2 is 1.91 bits per heavy atom. The summed E-state index contributed by atoms with van der Waals surface area (Å²) in [5, 5.41) is 0. The van der Waals surface area contributed by atoms with Crippen molar-refractivity contribution in [3.05, 3.63) is 0 Å². The van der Waals surface area contributed by atoms with Crippen LogP contribution in [-0.4, -0.2) is 24.9 Å². The second-order valence-corrected chi connectivity index (χ2v) is 3.96. The van der Waals surface area contributed by atoms with Gasteiger partial charge in [-0.1, -0.05) is 12.8 Å². The Balaban J connectivity index is 1.76. The standard InChI is InChI=1S/C9H14O2/c1-2-4-7-6(3-1)9-8(11-9)5-10-7/h6-9H,1-5H2/t6-,7-,8?,9?/m0/s1. The number of epoxide rings is 1. The minimum Gasteiger partial charge on any atom is -0.375 e. The molecule has 3 fully saturated rings. The van der Waals surface area contributed by atoms with Crippen molar-refractivity contribution in [3.8, 4) is 0 Å². The van der Waals surface area contributed by atoms with Crippen LogP contribution in [0, 0.1) is 5.92 Å². The van der Waals surface area contributed by atoms with Crippen LogP contribution in [0.1, 0.15) is 25.7 Å². The van der Waals surface area contributed by atoms with Gasteiger partial charge in [0.25, 0.3) is 0 Å². The summed E-state index contributed by atoms with van der Waals surface area (Å²) in [6.45, 7) is 0.867. The first-order valence-electron chi connectivity index (χ1n) is 4.72. The molecule has 1 aliphatic carbocycles. The van der Waals surface area contributed by atoms with Crippen molar-refractivity contribution in [1.29, 1.82) is 0 Å². The third kappa shape index (κ3) is 0.926. The van der Waals surface area contributed by atoms with Crippen LogP contribution in [0.25, 0.3) is 0 Å². The van der Waals surface area contributed by atoms with Gasteiger partial charge < -0.3 is 9.47 Å². The molecule has 2 saturated heterocycles. The Labute approximate surface area is 66.9 Å². The lowest BCUT2D eigenvalue weighted by molar-refractivity contribution is -0.0305. The first-order valence-corrected chi connectivity index (χ1v) is 4.72. The molecule has 0 aromatic carbocycles. The molecule has 2 unspecified atom stereocenters. The topological polar surface area (TPSA) is 21.8 Å². The summed E-state index contributed by atoms with van der Waals surface area (Å²) >= 11 is 0. The zero-order chi connectivity index (χ0) is 7.26. The van der Waals surface area contributed by atoms with Gasteiger partial charge >= 0.3 is 0 Å². The van der Waals surface area contributed by atoms with Crippen molar-refractivity contribution >= 4 is 0 Å². The van der Waals surface area contributed by atoms with Gasteiger partial charge in [0.15, 0.2) is 0 Å². The molecule has 0 bridgehead atoms. The van der Waals surface area contributed by atoms with Crippen LogP contribution in [0.4, 0.5) is 0 Å². The van der Waals surface area contributed by atoms with E-state index in [0.717, 1.165) is 12.5 Å². The molecule has 2 nitrogen and oxygen atoms in total. The maximum atomic E-state index is 5.71.